The van der Waals surface area contributed by atoms with Crippen LogP contribution in [0.15, 0.2) is 12.7 Å². The highest BCUT2D eigenvalue weighted by Crippen LogP contribution is 2.39. The fourth-order valence-electron chi connectivity index (χ4n) is 4.88. The Labute approximate surface area is 200 Å². The molecule has 0 aliphatic carbocycles. The minimum Gasteiger partial charge on any atom is -0.445 e. The standard InChI is InChI=1S/C24H42N2O6Si/c1-8-9-31-23(29)26-13-16(10-17(26)14-30-5)11-18(27)12-20-21(22(28)25-20)19(24(2,3)4)15-32-33(6)7/h8,16-17,19-21,33H,1,9-15H2,2-7H3,(H,25,28)/t16?,17-,19+,20+,21-/m0/s1. The molecule has 8 nitrogen and oxygen atoms in total. The van der Waals surface area contributed by atoms with Crippen molar-refractivity contribution in [2.24, 2.45) is 23.2 Å². The second-order valence-electron chi connectivity index (χ2n) is 10.7. The molecule has 9 heteroatoms. The summed E-state index contributed by atoms with van der Waals surface area (Å²) >= 11 is 0. The molecule has 2 saturated heterocycles. The summed E-state index contributed by atoms with van der Waals surface area (Å²) in [6.07, 6.45) is 2.51. The summed E-state index contributed by atoms with van der Waals surface area (Å²) in [5.41, 5.74) is -0.0991. The van der Waals surface area contributed by atoms with Gasteiger partial charge in [0.1, 0.15) is 12.4 Å². The molecule has 33 heavy (non-hydrogen) atoms. The van der Waals surface area contributed by atoms with E-state index < -0.39 is 15.1 Å². The normalized spacial score (nSPS) is 26.0. The molecule has 2 fully saturated rings. The Morgan fingerprint density at radius 1 is 1.30 bits per heavy atom. The number of Topliss-reactive ketones (excluding diaryl/α,β-unsaturated/α-hetero) is 1. The highest BCUT2D eigenvalue weighted by Gasteiger charge is 2.49. The quantitative estimate of drug-likeness (QED) is 0.261. The molecular formula is C24H42N2O6Si. The first-order chi connectivity index (χ1) is 15.5. The molecule has 0 aromatic heterocycles. The first-order valence-corrected chi connectivity index (χ1v) is 14.7. The van der Waals surface area contributed by atoms with Crippen molar-refractivity contribution in [1.82, 2.24) is 10.2 Å². The van der Waals surface area contributed by atoms with Crippen LogP contribution in [0.25, 0.3) is 0 Å². The molecule has 0 aromatic carbocycles. The molecule has 2 rings (SSSR count). The van der Waals surface area contributed by atoms with Gasteiger partial charge >= 0.3 is 6.09 Å². The highest BCUT2D eigenvalue weighted by atomic mass is 28.3. The summed E-state index contributed by atoms with van der Waals surface area (Å²) in [7, 11) is 0.391. The van der Waals surface area contributed by atoms with Gasteiger partial charge in [0.15, 0.2) is 9.04 Å². The van der Waals surface area contributed by atoms with Crippen molar-refractivity contribution in [3.63, 3.8) is 0 Å². The maximum atomic E-state index is 13.0. The van der Waals surface area contributed by atoms with Crippen LogP contribution >= 0.6 is 0 Å². The maximum Gasteiger partial charge on any atom is 0.410 e. The zero-order chi connectivity index (χ0) is 24.8. The Balaban J connectivity index is 1.96. The summed E-state index contributed by atoms with van der Waals surface area (Å²) in [5.74, 6) is 0.0265. The average molecular weight is 483 g/mol. The number of hydrogen-bond donors (Lipinski definition) is 1. The molecule has 2 aliphatic heterocycles. The van der Waals surface area contributed by atoms with Gasteiger partial charge in [-0.05, 0) is 36.8 Å². The fraction of sp³-hybridized carbons (Fsp3) is 0.792. The third-order valence-electron chi connectivity index (χ3n) is 6.60. The van der Waals surface area contributed by atoms with E-state index >= 15 is 0 Å². The topological polar surface area (TPSA) is 94.2 Å². The summed E-state index contributed by atoms with van der Waals surface area (Å²) < 4.78 is 16.5. The lowest BCUT2D eigenvalue weighted by molar-refractivity contribution is -0.143. The second kappa shape index (κ2) is 12.1. The van der Waals surface area contributed by atoms with Crippen molar-refractivity contribution < 1.29 is 28.3 Å². The van der Waals surface area contributed by atoms with E-state index in [2.05, 4.69) is 45.8 Å². The van der Waals surface area contributed by atoms with Crippen LogP contribution < -0.4 is 5.32 Å². The van der Waals surface area contributed by atoms with Crippen LogP contribution in [0.5, 0.6) is 0 Å². The van der Waals surface area contributed by atoms with Crippen LogP contribution in [0.1, 0.15) is 40.0 Å². The van der Waals surface area contributed by atoms with Gasteiger partial charge < -0.3 is 24.1 Å². The van der Waals surface area contributed by atoms with Gasteiger partial charge in [-0.1, -0.05) is 33.4 Å². The number of amides is 2. The molecule has 5 atom stereocenters. The summed E-state index contributed by atoms with van der Waals surface area (Å²) in [5, 5.41) is 2.95. The molecule has 1 N–H and O–H groups in total. The number of ketones is 1. The predicted octanol–water partition coefficient (Wildman–Crippen LogP) is 2.77. The molecule has 0 aromatic rings. The molecule has 1 unspecified atom stereocenters. The lowest BCUT2D eigenvalue weighted by atomic mass is 9.66. The molecule has 0 bridgehead atoms. The Hall–Kier alpha value is -1.71. The van der Waals surface area contributed by atoms with E-state index in [4.69, 9.17) is 13.9 Å². The van der Waals surface area contributed by atoms with E-state index in [9.17, 15) is 14.4 Å². The summed E-state index contributed by atoms with van der Waals surface area (Å²) in [6.45, 7) is 15.8. The monoisotopic (exact) mass is 482 g/mol. The number of methoxy groups -OCH3 is 1. The van der Waals surface area contributed by atoms with Crippen LogP contribution in [-0.2, 0) is 23.5 Å². The number of nitrogens with zero attached hydrogens (tertiary/aromatic N) is 1. The number of nitrogens with one attached hydrogen (secondary N) is 1. The van der Waals surface area contributed by atoms with Crippen molar-refractivity contribution >= 4 is 26.8 Å². The first kappa shape index (κ1) is 27.5. The number of hydrogen-bond acceptors (Lipinski definition) is 6. The fourth-order valence-corrected chi connectivity index (χ4v) is 5.48. The van der Waals surface area contributed by atoms with Crippen molar-refractivity contribution in [2.75, 3.05) is 33.5 Å². The van der Waals surface area contributed by atoms with Gasteiger partial charge in [0.2, 0.25) is 5.91 Å². The maximum absolute atomic E-state index is 13.0. The number of carbonyl (C=O) groups excluding carboxylic acids is 3. The number of ether oxygens (including phenoxy) is 2. The van der Waals surface area contributed by atoms with Crippen molar-refractivity contribution in [3.8, 4) is 0 Å². The second-order valence-corrected chi connectivity index (χ2v) is 13.1. The summed E-state index contributed by atoms with van der Waals surface area (Å²) in [6, 6.07) is -0.264. The van der Waals surface area contributed by atoms with Crippen LogP contribution in [-0.4, -0.2) is 77.3 Å². The van der Waals surface area contributed by atoms with Crippen LogP contribution in [0.4, 0.5) is 4.79 Å². The van der Waals surface area contributed by atoms with Gasteiger partial charge in [-0.2, -0.15) is 0 Å². The number of β-lactam (4-membered cyclic amide) rings is 1. The largest absolute Gasteiger partial charge is 0.445 e. The van der Waals surface area contributed by atoms with Crippen LogP contribution in [0, 0.1) is 23.2 Å². The van der Waals surface area contributed by atoms with Gasteiger partial charge in [0, 0.05) is 39.1 Å². The summed E-state index contributed by atoms with van der Waals surface area (Å²) in [4.78, 5) is 39.4. The molecule has 2 aliphatic rings. The van der Waals surface area contributed by atoms with Crippen molar-refractivity contribution in [2.45, 2.75) is 65.2 Å². The van der Waals surface area contributed by atoms with E-state index in [-0.39, 0.29) is 53.5 Å². The van der Waals surface area contributed by atoms with E-state index in [1.54, 1.807) is 12.0 Å². The number of likely N-dealkylation sites (tertiary alicyclic amines) is 1. The van der Waals surface area contributed by atoms with Crippen LogP contribution in [0.3, 0.4) is 0 Å². The zero-order valence-electron chi connectivity index (χ0n) is 21.1. The predicted molar refractivity (Wildman–Crippen MR) is 129 cm³/mol. The third-order valence-corrected chi connectivity index (χ3v) is 7.46. The Morgan fingerprint density at radius 3 is 2.55 bits per heavy atom. The Bertz CT molecular complexity index is 708. The molecular weight excluding hydrogens is 440 g/mol. The van der Waals surface area contributed by atoms with E-state index in [1.807, 2.05) is 0 Å². The minimum absolute atomic E-state index is 0.0129. The molecule has 2 heterocycles. The molecule has 0 spiro atoms. The zero-order valence-corrected chi connectivity index (χ0v) is 22.2. The average Bonchev–Trinajstić information content (AvgIpc) is 3.10. The van der Waals surface area contributed by atoms with E-state index in [1.165, 1.54) is 6.08 Å². The van der Waals surface area contributed by atoms with Gasteiger partial charge in [-0.15, -0.1) is 0 Å². The van der Waals surface area contributed by atoms with E-state index in [0.717, 1.165) is 0 Å². The van der Waals surface area contributed by atoms with Crippen LogP contribution in [0.2, 0.25) is 13.1 Å². The van der Waals surface area contributed by atoms with Crippen molar-refractivity contribution in [3.05, 3.63) is 12.7 Å². The molecule has 2 amide bonds. The van der Waals surface area contributed by atoms with Gasteiger partial charge in [0.25, 0.3) is 0 Å². The lowest BCUT2D eigenvalue weighted by Crippen LogP contribution is -2.63. The minimum atomic E-state index is -1.21. The third kappa shape index (κ3) is 7.65. The first-order valence-electron chi connectivity index (χ1n) is 11.9. The van der Waals surface area contributed by atoms with Gasteiger partial charge in [-0.25, -0.2) is 4.79 Å². The number of carbonyl (C=O) groups is 3. The smallest absolute Gasteiger partial charge is 0.410 e. The lowest BCUT2D eigenvalue weighted by Gasteiger charge is -2.46. The van der Waals surface area contributed by atoms with Gasteiger partial charge in [0.05, 0.1) is 18.6 Å². The van der Waals surface area contributed by atoms with E-state index in [0.29, 0.717) is 39.0 Å². The number of rotatable bonds is 12. The van der Waals surface area contributed by atoms with Gasteiger partial charge in [-0.3, -0.25) is 9.59 Å². The van der Waals surface area contributed by atoms with Crippen molar-refractivity contribution in [1.29, 1.82) is 0 Å². The Kier molecular flexibility index (Phi) is 10.1. The highest BCUT2D eigenvalue weighted by molar-refractivity contribution is 6.48. The molecule has 0 radical (unpaired) electrons. The SMILES string of the molecule is C=CCOC(=O)N1CC(CC(=O)C[C@H]2NC(=O)[C@H]2[C@@H](CO[SiH](C)C)C(C)(C)C)C[C@H]1COC. The molecule has 0 saturated carbocycles. The molecule has 188 valence electrons. The Morgan fingerprint density at radius 2 is 2.00 bits per heavy atom.